The molecule has 2 aromatic rings. The quantitative estimate of drug-likeness (QED) is 0.743. The third-order valence-corrected chi connectivity index (χ3v) is 6.22. The van der Waals surface area contributed by atoms with Gasteiger partial charge >= 0.3 is 0 Å². The number of hydrogen-bond donors (Lipinski definition) is 0. The van der Waals surface area contributed by atoms with E-state index in [-0.39, 0.29) is 29.4 Å². The van der Waals surface area contributed by atoms with Crippen molar-refractivity contribution < 1.29 is 8.42 Å². The Labute approximate surface area is 152 Å². The molecule has 0 fully saturated rings. The van der Waals surface area contributed by atoms with Crippen LogP contribution in [0.25, 0.3) is 0 Å². The lowest BCUT2D eigenvalue weighted by Gasteiger charge is -2.22. The fourth-order valence-corrected chi connectivity index (χ4v) is 4.45. The van der Waals surface area contributed by atoms with Crippen LogP contribution in [0.3, 0.4) is 0 Å². The first-order valence-electron chi connectivity index (χ1n) is 7.23. The third-order valence-electron chi connectivity index (χ3n) is 3.51. The molecule has 0 spiro atoms. The molecule has 0 aliphatic rings. The summed E-state index contributed by atoms with van der Waals surface area (Å²) >= 11 is 12.1. The van der Waals surface area contributed by atoms with Crippen molar-refractivity contribution in [2.45, 2.75) is 24.8 Å². The molecule has 0 aromatic heterocycles. The second-order valence-corrected chi connectivity index (χ2v) is 7.98. The van der Waals surface area contributed by atoms with Gasteiger partial charge in [0.05, 0.1) is 11.1 Å². The van der Waals surface area contributed by atoms with Gasteiger partial charge in [-0.25, -0.2) is 8.42 Å². The summed E-state index contributed by atoms with van der Waals surface area (Å²) in [7, 11) is -3.85. The van der Waals surface area contributed by atoms with E-state index in [2.05, 4.69) is 0 Å². The van der Waals surface area contributed by atoms with Crippen LogP contribution in [0.4, 0.5) is 0 Å². The Bertz CT molecular complexity index is 862. The lowest BCUT2D eigenvalue weighted by Crippen LogP contribution is -2.31. The predicted molar refractivity (Wildman–Crippen MR) is 95.5 cm³/mol. The molecule has 0 bridgehead atoms. The average molecular weight is 383 g/mol. The number of nitriles is 1. The summed E-state index contributed by atoms with van der Waals surface area (Å²) in [5, 5.41) is 9.32. The SMILES string of the molecule is Cc1cc(S(=O)(=O)N(CCC#N)Cc2ccccc2)c(Cl)cc1Cl. The van der Waals surface area contributed by atoms with Crippen LogP contribution < -0.4 is 0 Å². The van der Waals surface area contributed by atoms with Crippen molar-refractivity contribution in [2.75, 3.05) is 6.54 Å². The molecule has 0 radical (unpaired) electrons. The van der Waals surface area contributed by atoms with Crippen molar-refractivity contribution in [3.05, 3.63) is 63.6 Å². The number of aryl methyl sites for hydroxylation is 1. The van der Waals surface area contributed by atoms with E-state index in [4.69, 9.17) is 28.5 Å². The molecule has 0 N–H and O–H groups in total. The Hall–Kier alpha value is -1.58. The van der Waals surface area contributed by atoms with Crippen molar-refractivity contribution in [2.24, 2.45) is 0 Å². The van der Waals surface area contributed by atoms with Crippen LogP contribution in [0.5, 0.6) is 0 Å². The fraction of sp³-hybridized carbons (Fsp3) is 0.235. The molecule has 24 heavy (non-hydrogen) atoms. The Morgan fingerprint density at radius 3 is 2.42 bits per heavy atom. The summed E-state index contributed by atoms with van der Waals surface area (Å²) in [5.41, 5.74) is 1.46. The lowest BCUT2D eigenvalue weighted by atomic mass is 10.2. The number of sulfonamides is 1. The molecule has 0 amide bonds. The van der Waals surface area contributed by atoms with Gasteiger partial charge in [-0.3, -0.25) is 0 Å². The highest BCUT2D eigenvalue weighted by Crippen LogP contribution is 2.31. The van der Waals surface area contributed by atoms with Crippen molar-refractivity contribution in [3.8, 4) is 6.07 Å². The van der Waals surface area contributed by atoms with Crippen molar-refractivity contribution in [3.63, 3.8) is 0 Å². The summed E-state index contributed by atoms with van der Waals surface area (Å²) in [4.78, 5) is -0.0000578. The number of hydrogen-bond acceptors (Lipinski definition) is 3. The maximum Gasteiger partial charge on any atom is 0.244 e. The highest BCUT2D eigenvalue weighted by molar-refractivity contribution is 7.89. The van der Waals surface area contributed by atoms with E-state index in [9.17, 15) is 8.42 Å². The molecule has 7 heteroatoms. The van der Waals surface area contributed by atoms with Crippen LogP contribution >= 0.6 is 23.2 Å². The molecule has 0 heterocycles. The Balaban J connectivity index is 2.44. The van der Waals surface area contributed by atoms with E-state index >= 15 is 0 Å². The van der Waals surface area contributed by atoms with E-state index in [1.54, 1.807) is 6.92 Å². The summed E-state index contributed by atoms with van der Waals surface area (Å²) in [6.45, 7) is 1.98. The van der Waals surface area contributed by atoms with Gasteiger partial charge in [-0.05, 0) is 30.2 Å². The van der Waals surface area contributed by atoms with Crippen molar-refractivity contribution in [1.29, 1.82) is 5.26 Å². The summed E-state index contributed by atoms with van der Waals surface area (Å²) in [5.74, 6) is 0. The van der Waals surface area contributed by atoms with Gasteiger partial charge in [-0.15, -0.1) is 0 Å². The normalized spacial score (nSPS) is 11.5. The van der Waals surface area contributed by atoms with Crippen LogP contribution in [-0.2, 0) is 16.6 Å². The molecule has 0 unspecified atom stereocenters. The molecular weight excluding hydrogens is 367 g/mol. The smallest absolute Gasteiger partial charge is 0.207 e. The Kier molecular flexibility index (Phi) is 6.25. The molecule has 2 aromatic carbocycles. The number of rotatable bonds is 6. The van der Waals surface area contributed by atoms with Gasteiger partial charge in [-0.2, -0.15) is 9.57 Å². The maximum atomic E-state index is 13.0. The highest BCUT2D eigenvalue weighted by Gasteiger charge is 2.27. The topological polar surface area (TPSA) is 61.2 Å². The zero-order valence-corrected chi connectivity index (χ0v) is 15.4. The molecule has 0 aliphatic heterocycles. The molecule has 0 saturated carbocycles. The van der Waals surface area contributed by atoms with Crippen molar-refractivity contribution in [1.82, 2.24) is 4.31 Å². The zero-order chi connectivity index (χ0) is 17.7. The number of halogens is 2. The van der Waals surface area contributed by atoms with Gasteiger partial charge in [0, 0.05) is 24.5 Å². The molecule has 0 atom stereocenters. The Morgan fingerprint density at radius 1 is 1.12 bits per heavy atom. The third kappa shape index (κ3) is 4.28. The van der Waals surface area contributed by atoms with Gasteiger partial charge in [0.15, 0.2) is 0 Å². The molecule has 4 nitrogen and oxygen atoms in total. The molecule has 2 rings (SSSR count). The number of nitrogens with zero attached hydrogens (tertiary/aromatic N) is 2. The van der Waals surface area contributed by atoms with Crippen molar-refractivity contribution >= 4 is 33.2 Å². The van der Waals surface area contributed by atoms with Crippen LogP contribution in [0.2, 0.25) is 10.0 Å². The standard InChI is InChI=1S/C17H16Cl2N2O2S/c1-13-10-17(16(19)11-15(13)18)24(22,23)21(9-5-8-20)12-14-6-3-2-4-7-14/h2-4,6-7,10-11H,5,9,12H2,1H3. The minimum absolute atomic E-state index is 0.0000578. The van der Waals surface area contributed by atoms with E-state index < -0.39 is 10.0 Å². The minimum atomic E-state index is -3.85. The van der Waals surface area contributed by atoms with Gasteiger partial charge in [0.2, 0.25) is 10.0 Å². The second-order valence-electron chi connectivity index (χ2n) is 5.26. The van der Waals surface area contributed by atoms with E-state index in [1.807, 2.05) is 36.4 Å². The largest absolute Gasteiger partial charge is 0.244 e. The summed E-state index contributed by atoms with van der Waals surface area (Å²) < 4.78 is 27.3. The molecule has 126 valence electrons. The van der Waals surface area contributed by atoms with Crippen LogP contribution in [0.15, 0.2) is 47.4 Å². The van der Waals surface area contributed by atoms with E-state index in [1.165, 1.54) is 16.4 Å². The predicted octanol–water partition coefficient (Wildman–Crippen LogP) is 4.41. The summed E-state index contributed by atoms with van der Waals surface area (Å²) in [6.07, 6.45) is 0.0935. The highest BCUT2D eigenvalue weighted by atomic mass is 35.5. The van der Waals surface area contributed by atoms with Gasteiger partial charge < -0.3 is 0 Å². The molecule has 0 aliphatic carbocycles. The monoisotopic (exact) mass is 382 g/mol. The first-order valence-corrected chi connectivity index (χ1v) is 9.42. The number of benzene rings is 2. The fourth-order valence-electron chi connectivity index (χ4n) is 2.21. The van der Waals surface area contributed by atoms with Gasteiger partial charge in [-0.1, -0.05) is 53.5 Å². The second kappa shape index (κ2) is 8.00. The van der Waals surface area contributed by atoms with E-state index in [0.717, 1.165) is 5.56 Å². The van der Waals surface area contributed by atoms with Crippen LogP contribution in [0, 0.1) is 18.3 Å². The van der Waals surface area contributed by atoms with Gasteiger partial charge in [0.1, 0.15) is 4.90 Å². The maximum absolute atomic E-state index is 13.0. The lowest BCUT2D eigenvalue weighted by molar-refractivity contribution is 0.413. The zero-order valence-electron chi connectivity index (χ0n) is 13.0. The average Bonchev–Trinajstić information content (AvgIpc) is 2.55. The van der Waals surface area contributed by atoms with Gasteiger partial charge in [0.25, 0.3) is 0 Å². The molecular formula is C17H16Cl2N2O2S. The minimum Gasteiger partial charge on any atom is -0.207 e. The van der Waals surface area contributed by atoms with E-state index in [0.29, 0.717) is 10.6 Å². The first-order chi connectivity index (χ1) is 11.4. The Morgan fingerprint density at radius 2 is 1.79 bits per heavy atom. The summed E-state index contributed by atoms with van der Waals surface area (Å²) in [6, 6.07) is 14.1. The molecule has 0 saturated heterocycles. The first kappa shape index (κ1) is 18.8. The van der Waals surface area contributed by atoms with Crippen LogP contribution in [-0.4, -0.2) is 19.3 Å². The van der Waals surface area contributed by atoms with Crippen LogP contribution in [0.1, 0.15) is 17.5 Å².